The van der Waals surface area contributed by atoms with Crippen molar-refractivity contribution >= 4 is 17.4 Å². The van der Waals surface area contributed by atoms with Crippen LogP contribution in [0.5, 0.6) is 0 Å². The van der Waals surface area contributed by atoms with E-state index in [9.17, 15) is 4.21 Å². The van der Waals surface area contributed by atoms with Crippen LogP contribution in [0.4, 0.5) is 0 Å². The number of hydrogen-bond donors (Lipinski definition) is 0. The van der Waals surface area contributed by atoms with Crippen LogP contribution in [-0.4, -0.2) is 21.3 Å². The first-order valence-electron chi connectivity index (χ1n) is 2.85. The Morgan fingerprint density at radius 3 is 3.20 bits per heavy atom. The normalized spacial score (nSPS) is 23.2. The molecule has 1 unspecified atom stereocenters. The van der Waals surface area contributed by atoms with Gasteiger partial charge >= 0.3 is 0 Å². The molecule has 0 bridgehead atoms. The molecule has 0 spiro atoms. The van der Waals surface area contributed by atoms with Gasteiger partial charge in [0.25, 0.3) is 0 Å². The third kappa shape index (κ3) is 1.54. The highest BCUT2D eigenvalue weighted by Gasteiger charge is 2.05. The molecule has 1 aliphatic rings. The second kappa shape index (κ2) is 3.31. The van der Waals surface area contributed by atoms with E-state index in [0.29, 0.717) is 6.54 Å². The van der Waals surface area contributed by atoms with Gasteiger partial charge in [-0.25, -0.2) is 4.21 Å². The van der Waals surface area contributed by atoms with Crippen LogP contribution in [0, 0.1) is 0 Å². The average molecular weight is 156 g/mol. The zero-order valence-electron chi connectivity index (χ0n) is 5.43. The van der Waals surface area contributed by atoms with Crippen molar-refractivity contribution in [1.29, 1.82) is 0 Å². The molecular weight excluding hydrogens is 148 g/mol. The summed E-state index contributed by atoms with van der Waals surface area (Å²) in [5.41, 5.74) is 0. The summed E-state index contributed by atoms with van der Waals surface area (Å²) < 4.78 is 16.2. The topological polar surface area (TPSA) is 32.7 Å². The molecule has 0 aromatic heterocycles. The van der Waals surface area contributed by atoms with Crippen LogP contribution in [0.2, 0.25) is 0 Å². The molecule has 1 atom stereocenters. The lowest BCUT2D eigenvalue weighted by Crippen LogP contribution is -2.20. The zero-order valence-corrected chi connectivity index (χ0v) is 6.25. The van der Waals surface area contributed by atoms with Gasteiger partial charge < -0.3 is 0 Å². The highest BCUT2D eigenvalue weighted by Crippen LogP contribution is 2.01. The van der Waals surface area contributed by atoms with E-state index in [-0.39, 0.29) is 0 Å². The summed E-state index contributed by atoms with van der Waals surface area (Å²) >= 11 is -1.23. The van der Waals surface area contributed by atoms with E-state index in [2.05, 4.69) is 11.0 Å². The van der Waals surface area contributed by atoms with Crippen LogP contribution in [0.25, 0.3) is 0 Å². The van der Waals surface area contributed by atoms with Gasteiger partial charge in [0.05, 0.1) is 6.54 Å². The van der Waals surface area contributed by atoms with Gasteiger partial charge in [-0.05, 0) is 6.08 Å². The predicted molar refractivity (Wildman–Crippen MR) is 42.7 cm³/mol. The summed E-state index contributed by atoms with van der Waals surface area (Å²) in [7, 11) is 0. The zero-order chi connectivity index (χ0) is 7.40. The fraction of sp³-hybridized carbons (Fsp3) is 0.167. The van der Waals surface area contributed by atoms with Crippen molar-refractivity contribution < 1.29 is 4.21 Å². The van der Waals surface area contributed by atoms with E-state index in [1.54, 1.807) is 22.7 Å². The quantitative estimate of drug-likeness (QED) is 0.540. The van der Waals surface area contributed by atoms with Crippen LogP contribution in [0.1, 0.15) is 0 Å². The number of nitrogens with zero attached hydrogens (tertiary/aromatic N) is 2. The predicted octanol–water partition coefficient (Wildman–Crippen LogP) is 0.651. The van der Waals surface area contributed by atoms with Gasteiger partial charge in [0.15, 0.2) is 0 Å². The average Bonchev–Trinajstić information content (AvgIpc) is 1.94. The molecule has 0 aliphatic carbocycles. The Kier molecular flexibility index (Phi) is 2.39. The SMILES string of the molecule is C=CCN1C=CC=NS1=O. The molecule has 1 aliphatic heterocycles. The molecule has 4 heteroatoms. The summed E-state index contributed by atoms with van der Waals surface area (Å²) in [5, 5.41) is 0. The molecule has 0 N–H and O–H groups in total. The van der Waals surface area contributed by atoms with Crippen molar-refractivity contribution in [2.24, 2.45) is 4.40 Å². The van der Waals surface area contributed by atoms with E-state index in [0.717, 1.165) is 0 Å². The molecular formula is C6H8N2OS. The Labute approximate surface area is 62.5 Å². The summed E-state index contributed by atoms with van der Waals surface area (Å²) in [6.45, 7) is 4.10. The third-order valence-electron chi connectivity index (χ3n) is 0.999. The van der Waals surface area contributed by atoms with Crippen molar-refractivity contribution in [3.8, 4) is 0 Å². The molecule has 0 aromatic rings. The van der Waals surface area contributed by atoms with Gasteiger partial charge in [0.2, 0.25) is 11.2 Å². The minimum Gasteiger partial charge on any atom is -0.276 e. The monoisotopic (exact) mass is 156 g/mol. The van der Waals surface area contributed by atoms with Crippen molar-refractivity contribution in [2.45, 2.75) is 0 Å². The highest BCUT2D eigenvalue weighted by molar-refractivity contribution is 7.81. The van der Waals surface area contributed by atoms with Gasteiger partial charge in [-0.15, -0.1) is 6.58 Å². The summed E-state index contributed by atoms with van der Waals surface area (Å²) in [6.07, 6.45) is 6.68. The molecule has 3 nitrogen and oxygen atoms in total. The van der Waals surface area contributed by atoms with Crippen molar-refractivity contribution in [2.75, 3.05) is 6.54 Å². The third-order valence-corrected chi connectivity index (χ3v) is 1.97. The summed E-state index contributed by atoms with van der Waals surface area (Å²) in [4.78, 5) is 0. The Morgan fingerprint density at radius 1 is 1.80 bits per heavy atom. The highest BCUT2D eigenvalue weighted by atomic mass is 32.2. The van der Waals surface area contributed by atoms with Gasteiger partial charge in [-0.1, -0.05) is 6.08 Å². The fourth-order valence-corrected chi connectivity index (χ4v) is 1.29. The number of hydrogen-bond acceptors (Lipinski definition) is 1. The number of rotatable bonds is 2. The smallest absolute Gasteiger partial charge is 0.245 e. The summed E-state index contributed by atoms with van der Waals surface area (Å²) in [6, 6.07) is 0. The molecule has 0 saturated heterocycles. The molecule has 0 radical (unpaired) electrons. The Bertz CT molecular complexity index is 210. The second-order valence-corrected chi connectivity index (χ2v) is 2.86. The van der Waals surface area contributed by atoms with E-state index < -0.39 is 11.2 Å². The molecule has 10 heavy (non-hydrogen) atoms. The van der Waals surface area contributed by atoms with Crippen LogP contribution < -0.4 is 0 Å². The van der Waals surface area contributed by atoms with Crippen molar-refractivity contribution in [1.82, 2.24) is 4.31 Å². The second-order valence-electron chi connectivity index (χ2n) is 1.72. The lowest BCUT2D eigenvalue weighted by Gasteiger charge is -2.14. The molecule has 0 amide bonds. The first-order valence-corrected chi connectivity index (χ1v) is 3.91. The Balaban J connectivity index is 2.60. The van der Waals surface area contributed by atoms with Gasteiger partial charge in [-0.3, -0.25) is 4.31 Å². The van der Waals surface area contributed by atoms with Gasteiger partial charge in [0, 0.05) is 12.4 Å². The molecule has 0 saturated carbocycles. The summed E-state index contributed by atoms with van der Waals surface area (Å²) in [5.74, 6) is 0. The maximum atomic E-state index is 10.9. The molecule has 1 rings (SSSR count). The van der Waals surface area contributed by atoms with Crippen LogP contribution in [0.3, 0.4) is 0 Å². The molecule has 54 valence electrons. The van der Waals surface area contributed by atoms with E-state index >= 15 is 0 Å². The lowest BCUT2D eigenvalue weighted by molar-refractivity contribution is 0.604. The maximum Gasteiger partial charge on any atom is 0.245 e. The van der Waals surface area contributed by atoms with Crippen molar-refractivity contribution in [3.05, 3.63) is 24.9 Å². The largest absolute Gasteiger partial charge is 0.276 e. The van der Waals surface area contributed by atoms with Gasteiger partial charge in [-0.2, -0.15) is 4.40 Å². The minimum absolute atomic E-state index is 0.570. The fourth-order valence-electron chi connectivity index (χ4n) is 0.586. The molecule has 1 heterocycles. The van der Waals surface area contributed by atoms with E-state index in [1.165, 1.54) is 6.21 Å². The van der Waals surface area contributed by atoms with E-state index in [4.69, 9.17) is 0 Å². The first-order chi connectivity index (χ1) is 4.84. The number of allylic oxidation sites excluding steroid dienone is 1. The standard InChI is InChI=1S/C6H8N2OS/c1-2-5-8-6-3-4-7-10(8)9/h2-4,6H,1,5H2. The first kappa shape index (κ1) is 7.21. The van der Waals surface area contributed by atoms with Gasteiger partial charge in [0.1, 0.15) is 0 Å². The van der Waals surface area contributed by atoms with Crippen molar-refractivity contribution in [3.63, 3.8) is 0 Å². The van der Waals surface area contributed by atoms with Crippen LogP contribution in [-0.2, 0) is 11.2 Å². The molecule has 0 fully saturated rings. The lowest BCUT2D eigenvalue weighted by atomic mass is 10.6. The minimum atomic E-state index is -1.23. The van der Waals surface area contributed by atoms with E-state index in [1.807, 2.05) is 0 Å². The Morgan fingerprint density at radius 2 is 2.60 bits per heavy atom. The van der Waals surface area contributed by atoms with Crippen LogP contribution in [0.15, 0.2) is 29.3 Å². The van der Waals surface area contributed by atoms with Crippen LogP contribution >= 0.6 is 0 Å². The molecule has 0 aromatic carbocycles. The Hall–Kier alpha value is -0.900. The maximum absolute atomic E-state index is 10.9.